The van der Waals surface area contributed by atoms with Crippen molar-refractivity contribution < 1.29 is 17.6 Å². The van der Waals surface area contributed by atoms with E-state index in [0.717, 1.165) is 50.5 Å². The monoisotopic (exact) mass is 364 g/mol. The van der Waals surface area contributed by atoms with Crippen LogP contribution in [-0.2, 0) is 0 Å². The van der Waals surface area contributed by atoms with E-state index in [1.165, 1.54) is 25.7 Å². The zero-order valence-corrected chi connectivity index (χ0v) is 15.7. The Morgan fingerprint density at radius 3 is 1.83 bits per heavy atom. The summed E-state index contributed by atoms with van der Waals surface area (Å²) >= 11 is 0. The molecule has 1 aromatic carbocycles. The van der Waals surface area contributed by atoms with Crippen LogP contribution in [0.5, 0.6) is 0 Å². The van der Waals surface area contributed by atoms with Crippen molar-refractivity contribution in [1.29, 1.82) is 0 Å². The molecule has 0 fully saturated rings. The van der Waals surface area contributed by atoms with Crippen LogP contribution in [0.15, 0.2) is 6.07 Å². The van der Waals surface area contributed by atoms with Crippen LogP contribution in [-0.4, -0.2) is 12.3 Å². The van der Waals surface area contributed by atoms with Crippen LogP contribution in [0.2, 0.25) is 0 Å². The average molecular weight is 364 g/mol. The van der Waals surface area contributed by atoms with Gasteiger partial charge in [0, 0.05) is 5.30 Å². The van der Waals surface area contributed by atoms with Gasteiger partial charge in [-0.1, -0.05) is 66.7 Å². The lowest BCUT2D eigenvalue weighted by Gasteiger charge is -2.19. The van der Waals surface area contributed by atoms with Gasteiger partial charge in [-0.3, -0.25) is 0 Å². The second-order valence-electron chi connectivity index (χ2n) is 6.28. The summed E-state index contributed by atoms with van der Waals surface area (Å²) in [5.41, 5.74) is 0. The van der Waals surface area contributed by atoms with E-state index in [0.29, 0.717) is 0 Å². The van der Waals surface area contributed by atoms with Crippen LogP contribution >= 0.6 is 7.92 Å². The average Bonchev–Trinajstić information content (AvgIpc) is 2.58. The van der Waals surface area contributed by atoms with Crippen molar-refractivity contribution in [2.45, 2.75) is 71.6 Å². The molecule has 0 aliphatic carbocycles. The third kappa shape index (κ3) is 6.70. The summed E-state index contributed by atoms with van der Waals surface area (Å²) < 4.78 is 54.2. The zero-order chi connectivity index (χ0) is 17.9. The Morgan fingerprint density at radius 2 is 1.21 bits per heavy atom. The van der Waals surface area contributed by atoms with Crippen LogP contribution in [0.3, 0.4) is 0 Å². The molecular formula is C19H29F4P. The SMILES string of the molecule is CCCCCCCCCP(CCCC)c1cc(F)c(F)c(F)c1F. The van der Waals surface area contributed by atoms with Crippen molar-refractivity contribution in [3.8, 4) is 0 Å². The van der Waals surface area contributed by atoms with Gasteiger partial charge in [0.25, 0.3) is 0 Å². The van der Waals surface area contributed by atoms with Gasteiger partial charge >= 0.3 is 0 Å². The number of hydrogen-bond acceptors (Lipinski definition) is 0. The molecule has 138 valence electrons. The Balaban J connectivity index is 2.65. The molecule has 0 radical (unpaired) electrons. The number of rotatable bonds is 12. The van der Waals surface area contributed by atoms with Crippen LogP contribution in [0.25, 0.3) is 0 Å². The maximum atomic E-state index is 14.1. The van der Waals surface area contributed by atoms with Crippen molar-refractivity contribution in [3.63, 3.8) is 0 Å². The van der Waals surface area contributed by atoms with Crippen LogP contribution in [0.1, 0.15) is 71.6 Å². The summed E-state index contributed by atoms with van der Waals surface area (Å²) in [4.78, 5) is 0. The molecule has 0 nitrogen and oxygen atoms in total. The topological polar surface area (TPSA) is 0 Å². The molecule has 24 heavy (non-hydrogen) atoms. The summed E-state index contributed by atoms with van der Waals surface area (Å²) in [7, 11) is -0.977. The van der Waals surface area contributed by atoms with Gasteiger partial charge in [-0.2, -0.15) is 0 Å². The van der Waals surface area contributed by atoms with E-state index >= 15 is 0 Å². The molecule has 0 saturated heterocycles. The highest BCUT2D eigenvalue weighted by Crippen LogP contribution is 2.39. The van der Waals surface area contributed by atoms with Crippen molar-refractivity contribution in [2.24, 2.45) is 0 Å². The fraction of sp³-hybridized carbons (Fsp3) is 0.684. The molecule has 0 saturated carbocycles. The highest BCUT2D eigenvalue weighted by Gasteiger charge is 2.23. The molecule has 0 aromatic heterocycles. The molecule has 0 heterocycles. The lowest BCUT2D eigenvalue weighted by Crippen LogP contribution is -2.16. The van der Waals surface area contributed by atoms with Crippen molar-refractivity contribution >= 4 is 13.2 Å². The lowest BCUT2D eigenvalue weighted by molar-refractivity contribution is 0.412. The molecule has 1 aromatic rings. The maximum absolute atomic E-state index is 14.1. The maximum Gasteiger partial charge on any atom is 0.198 e. The molecule has 0 amide bonds. The number of hydrogen-bond donors (Lipinski definition) is 0. The van der Waals surface area contributed by atoms with E-state index in [9.17, 15) is 17.6 Å². The number of unbranched alkanes of at least 4 members (excludes halogenated alkanes) is 7. The van der Waals surface area contributed by atoms with Crippen molar-refractivity contribution in [3.05, 3.63) is 29.3 Å². The minimum Gasteiger partial charge on any atom is -0.204 e. The molecule has 1 atom stereocenters. The molecule has 1 rings (SSSR count). The fourth-order valence-electron chi connectivity index (χ4n) is 2.75. The first-order valence-corrected chi connectivity index (χ1v) is 10.8. The quantitative estimate of drug-likeness (QED) is 0.124. The Kier molecular flexibility index (Phi) is 10.6. The summed E-state index contributed by atoms with van der Waals surface area (Å²) in [5, 5.41) is 0.0563. The van der Waals surface area contributed by atoms with E-state index in [4.69, 9.17) is 0 Å². The molecule has 5 heteroatoms. The Labute approximate surface area is 144 Å². The summed E-state index contributed by atoms with van der Waals surface area (Å²) in [6.07, 6.45) is 11.4. The van der Waals surface area contributed by atoms with Crippen molar-refractivity contribution in [1.82, 2.24) is 0 Å². The predicted octanol–water partition coefficient (Wildman–Crippen LogP) is 6.90. The molecule has 0 aliphatic heterocycles. The minimum atomic E-state index is -1.71. The Hall–Kier alpha value is -0.630. The van der Waals surface area contributed by atoms with Gasteiger partial charge in [-0.15, -0.1) is 0 Å². The second-order valence-corrected chi connectivity index (χ2v) is 8.74. The van der Waals surface area contributed by atoms with Gasteiger partial charge in [0.2, 0.25) is 0 Å². The zero-order valence-electron chi connectivity index (χ0n) is 14.8. The van der Waals surface area contributed by atoms with Gasteiger partial charge in [-0.05, 0) is 31.2 Å². The van der Waals surface area contributed by atoms with Gasteiger partial charge in [-0.25, -0.2) is 17.6 Å². The van der Waals surface area contributed by atoms with Gasteiger partial charge in [0.05, 0.1) is 0 Å². The highest BCUT2D eigenvalue weighted by molar-refractivity contribution is 7.65. The molecule has 1 unspecified atom stereocenters. The van der Waals surface area contributed by atoms with Crippen LogP contribution in [0.4, 0.5) is 17.6 Å². The summed E-state index contributed by atoms with van der Waals surface area (Å²) in [5.74, 6) is -5.86. The van der Waals surface area contributed by atoms with Gasteiger partial charge in [0.15, 0.2) is 23.3 Å². The smallest absolute Gasteiger partial charge is 0.198 e. The third-order valence-corrected chi connectivity index (χ3v) is 6.96. The molecular weight excluding hydrogens is 335 g/mol. The minimum absolute atomic E-state index is 0.0563. The second kappa shape index (κ2) is 11.8. The van der Waals surface area contributed by atoms with Gasteiger partial charge in [0.1, 0.15) is 0 Å². The van der Waals surface area contributed by atoms with Crippen LogP contribution < -0.4 is 5.30 Å². The van der Waals surface area contributed by atoms with E-state index in [-0.39, 0.29) is 5.30 Å². The van der Waals surface area contributed by atoms with E-state index in [1.54, 1.807) is 0 Å². The predicted molar refractivity (Wildman–Crippen MR) is 95.5 cm³/mol. The number of benzene rings is 1. The Bertz CT molecular complexity index is 491. The molecule has 0 bridgehead atoms. The van der Waals surface area contributed by atoms with Crippen LogP contribution in [0, 0.1) is 23.3 Å². The first kappa shape index (κ1) is 21.4. The van der Waals surface area contributed by atoms with E-state index < -0.39 is 31.2 Å². The summed E-state index contributed by atoms with van der Waals surface area (Å²) in [6.45, 7) is 4.21. The lowest BCUT2D eigenvalue weighted by atomic mass is 10.1. The standard InChI is InChI=1S/C19H29F4P/c1-3-5-7-8-9-10-11-13-24(12-6-4-2)16-14-15(20)17(21)19(23)18(16)22/h14H,3-13H2,1-2H3. The molecule has 0 N–H and O–H groups in total. The molecule has 0 spiro atoms. The fourth-order valence-corrected chi connectivity index (χ4v) is 5.43. The van der Waals surface area contributed by atoms with Gasteiger partial charge < -0.3 is 0 Å². The molecule has 0 aliphatic rings. The first-order chi connectivity index (χ1) is 11.5. The third-order valence-electron chi connectivity index (χ3n) is 4.24. The van der Waals surface area contributed by atoms with E-state index in [2.05, 4.69) is 6.92 Å². The van der Waals surface area contributed by atoms with E-state index in [1.807, 2.05) is 6.92 Å². The van der Waals surface area contributed by atoms with Crippen molar-refractivity contribution in [2.75, 3.05) is 12.3 Å². The summed E-state index contributed by atoms with van der Waals surface area (Å²) in [6, 6.07) is 0.871. The Morgan fingerprint density at radius 1 is 0.667 bits per heavy atom. The highest BCUT2D eigenvalue weighted by atomic mass is 31.1. The number of halogens is 4. The first-order valence-electron chi connectivity index (χ1n) is 9.10. The normalized spacial score (nSPS) is 12.6. The largest absolute Gasteiger partial charge is 0.204 e.